The van der Waals surface area contributed by atoms with E-state index >= 15 is 0 Å². The second-order valence-electron chi connectivity index (χ2n) is 6.27. The van der Waals surface area contributed by atoms with Gasteiger partial charge in [-0.1, -0.05) is 11.6 Å². The lowest BCUT2D eigenvalue weighted by molar-refractivity contribution is -0.159. The highest BCUT2D eigenvalue weighted by molar-refractivity contribution is 6.30. The Bertz CT molecular complexity index is 1090. The number of hydrogen-bond donors (Lipinski definition) is 1. The quantitative estimate of drug-likeness (QED) is 0.590. The smallest absolute Gasteiger partial charge is 0.420 e. The van der Waals surface area contributed by atoms with Gasteiger partial charge in [0.25, 0.3) is 0 Å². The summed E-state index contributed by atoms with van der Waals surface area (Å²) in [5.74, 6) is -2.05. The predicted octanol–water partition coefficient (Wildman–Crippen LogP) is 3.14. The van der Waals surface area contributed by atoms with Gasteiger partial charge in [-0.2, -0.15) is 23.0 Å². The minimum atomic E-state index is -4.75. The topological polar surface area (TPSA) is 112 Å². The number of halogens is 4. The Kier molecular flexibility index (Phi) is 5.81. The Balaban J connectivity index is 2.11. The van der Waals surface area contributed by atoms with Crippen molar-refractivity contribution in [2.45, 2.75) is 25.6 Å². The van der Waals surface area contributed by atoms with Crippen LogP contribution in [0.5, 0.6) is 5.88 Å². The molecule has 0 aromatic carbocycles. The second-order valence-corrected chi connectivity index (χ2v) is 6.71. The van der Waals surface area contributed by atoms with E-state index in [1.165, 1.54) is 6.92 Å². The van der Waals surface area contributed by atoms with Crippen molar-refractivity contribution >= 4 is 28.6 Å². The first-order valence-electron chi connectivity index (χ1n) is 8.49. The largest absolute Gasteiger partial charge is 0.478 e. The molecule has 13 heteroatoms. The van der Waals surface area contributed by atoms with Crippen LogP contribution < -0.4 is 4.74 Å². The highest BCUT2D eigenvalue weighted by atomic mass is 35.5. The monoisotopic (exact) mass is 445 g/mol. The van der Waals surface area contributed by atoms with Crippen molar-refractivity contribution in [2.75, 3.05) is 13.2 Å². The van der Waals surface area contributed by atoms with E-state index in [1.807, 2.05) is 0 Å². The van der Waals surface area contributed by atoms with Gasteiger partial charge in [0.15, 0.2) is 11.5 Å². The molecule has 0 spiro atoms. The molecule has 30 heavy (non-hydrogen) atoms. The number of fused-ring (bicyclic) bond motifs is 1. The van der Waals surface area contributed by atoms with E-state index in [0.717, 1.165) is 29.5 Å². The summed E-state index contributed by atoms with van der Waals surface area (Å²) in [5.41, 5.74) is -2.98. The summed E-state index contributed by atoms with van der Waals surface area (Å²) >= 11 is 5.67. The molecule has 0 aliphatic heterocycles. The summed E-state index contributed by atoms with van der Waals surface area (Å²) in [6.45, 7) is 2.94. The average molecular weight is 446 g/mol. The maximum absolute atomic E-state index is 13.5. The van der Waals surface area contributed by atoms with Crippen molar-refractivity contribution in [2.24, 2.45) is 0 Å². The zero-order valence-electron chi connectivity index (χ0n) is 15.6. The second kappa shape index (κ2) is 8.03. The number of carbonyl (C=O) groups is 1. The SMILES string of the molecule is CCOC[C@](C)(Oc1ncnc2c1cnn2-c1ncc(Cl)cc1C(F)(F)F)C(=O)O. The van der Waals surface area contributed by atoms with Gasteiger partial charge in [0, 0.05) is 12.8 Å². The molecule has 0 saturated carbocycles. The van der Waals surface area contributed by atoms with E-state index in [4.69, 9.17) is 21.1 Å². The van der Waals surface area contributed by atoms with Crippen LogP contribution in [0, 0.1) is 0 Å². The average Bonchev–Trinajstić information content (AvgIpc) is 3.10. The number of carboxylic acids is 1. The lowest BCUT2D eigenvalue weighted by atomic mass is 10.1. The molecule has 1 atom stereocenters. The summed E-state index contributed by atoms with van der Waals surface area (Å²) in [4.78, 5) is 23.3. The van der Waals surface area contributed by atoms with Crippen LogP contribution >= 0.6 is 11.6 Å². The zero-order chi connectivity index (χ0) is 22.1. The molecule has 0 radical (unpaired) electrons. The first-order chi connectivity index (χ1) is 14.1. The fraction of sp³-hybridized carbons (Fsp3) is 0.353. The van der Waals surface area contributed by atoms with Gasteiger partial charge in [0.1, 0.15) is 17.3 Å². The molecule has 0 aliphatic rings. The number of aromatic nitrogens is 5. The fourth-order valence-electron chi connectivity index (χ4n) is 2.51. The predicted molar refractivity (Wildman–Crippen MR) is 97.6 cm³/mol. The van der Waals surface area contributed by atoms with Crippen LogP contribution in [0.15, 0.2) is 24.8 Å². The van der Waals surface area contributed by atoms with Crippen molar-refractivity contribution in [1.29, 1.82) is 0 Å². The molecule has 3 rings (SSSR count). The Morgan fingerprint density at radius 1 is 1.27 bits per heavy atom. The number of hydrogen-bond acceptors (Lipinski definition) is 7. The van der Waals surface area contributed by atoms with Crippen molar-refractivity contribution < 1.29 is 32.5 Å². The Morgan fingerprint density at radius 3 is 2.63 bits per heavy atom. The van der Waals surface area contributed by atoms with Crippen molar-refractivity contribution in [1.82, 2.24) is 24.7 Å². The van der Waals surface area contributed by atoms with Crippen LogP contribution in [0.25, 0.3) is 16.9 Å². The third kappa shape index (κ3) is 4.14. The summed E-state index contributed by atoms with van der Waals surface area (Å²) in [6, 6.07) is 0.722. The van der Waals surface area contributed by atoms with Crippen LogP contribution in [0.1, 0.15) is 19.4 Å². The van der Waals surface area contributed by atoms with Crippen LogP contribution in [-0.4, -0.2) is 54.6 Å². The highest BCUT2D eigenvalue weighted by Gasteiger charge is 2.38. The van der Waals surface area contributed by atoms with E-state index in [2.05, 4.69) is 20.1 Å². The van der Waals surface area contributed by atoms with Gasteiger partial charge in [-0.25, -0.2) is 19.7 Å². The maximum Gasteiger partial charge on any atom is 0.420 e. The fourth-order valence-corrected chi connectivity index (χ4v) is 2.67. The number of aliphatic carboxylic acids is 1. The van der Waals surface area contributed by atoms with E-state index in [-0.39, 0.29) is 35.1 Å². The molecule has 0 bridgehead atoms. The number of ether oxygens (including phenoxy) is 2. The van der Waals surface area contributed by atoms with Gasteiger partial charge in [0.05, 0.1) is 17.8 Å². The molecule has 0 saturated heterocycles. The van der Waals surface area contributed by atoms with Crippen LogP contribution in [0.4, 0.5) is 13.2 Å². The molecule has 0 aliphatic carbocycles. The minimum absolute atomic E-state index is 0.0653. The molecule has 0 unspecified atom stereocenters. The molecular formula is C17H15ClF3N5O4. The van der Waals surface area contributed by atoms with Gasteiger partial charge < -0.3 is 14.6 Å². The van der Waals surface area contributed by atoms with E-state index in [1.54, 1.807) is 6.92 Å². The Hall–Kier alpha value is -2.99. The molecular weight excluding hydrogens is 431 g/mol. The normalized spacial score (nSPS) is 13.9. The lowest BCUT2D eigenvalue weighted by Crippen LogP contribution is -2.46. The van der Waals surface area contributed by atoms with Crippen LogP contribution in [-0.2, 0) is 15.7 Å². The molecule has 0 fully saturated rings. The van der Waals surface area contributed by atoms with E-state index in [9.17, 15) is 23.1 Å². The number of carboxylic acid groups (broad SMARTS) is 1. The minimum Gasteiger partial charge on any atom is -0.478 e. The standard InChI is InChI=1S/C17H15ClF3N5O4/c1-3-29-7-16(2,15(27)28)30-14-10-6-25-26(12(10)23-8-24-14)13-11(17(19,20)21)4-9(18)5-22-13/h4-6,8H,3,7H2,1-2H3,(H,27,28)/t16-/m0/s1. The lowest BCUT2D eigenvalue weighted by Gasteiger charge is -2.25. The summed E-state index contributed by atoms with van der Waals surface area (Å²) in [6.07, 6.45) is -1.54. The molecule has 3 heterocycles. The van der Waals surface area contributed by atoms with Gasteiger partial charge in [-0.05, 0) is 19.9 Å². The number of alkyl halides is 3. The third-order valence-corrected chi connectivity index (χ3v) is 4.23. The van der Waals surface area contributed by atoms with Gasteiger partial charge in [-0.15, -0.1) is 0 Å². The molecule has 1 N–H and O–H groups in total. The van der Waals surface area contributed by atoms with E-state index in [0.29, 0.717) is 0 Å². The number of nitrogens with zero attached hydrogens (tertiary/aromatic N) is 5. The molecule has 160 valence electrons. The molecule has 3 aromatic heterocycles. The molecule has 0 amide bonds. The van der Waals surface area contributed by atoms with E-state index < -0.39 is 29.1 Å². The van der Waals surface area contributed by atoms with Crippen molar-refractivity contribution in [3.05, 3.63) is 35.4 Å². The summed E-state index contributed by atoms with van der Waals surface area (Å²) < 4.78 is 51.9. The summed E-state index contributed by atoms with van der Waals surface area (Å²) in [7, 11) is 0. The number of rotatable bonds is 7. The van der Waals surface area contributed by atoms with Gasteiger partial charge in [-0.3, -0.25) is 0 Å². The first kappa shape index (κ1) is 21.7. The first-order valence-corrected chi connectivity index (χ1v) is 8.86. The molecule has 9 nitrogen and oxygen atoms in total. The Morgan fingerprint density at radius 2 is 2.00 bits per heavy atom. The maximum atomic E-state index is 13.5. The van der Waals surface area contributed by atoms with Crippen molar-refractivity contribution in [3.8, 4) is 11.7 Å². The van der Waals surface area contributed by atoms with Crippen molar-refractivity contribution in [3.63, 3.8) is 0 Å². The third-order valence-electron chi connectivity index (χ3n) is 4.02. The highest BCUT2D eigenvalue weighted by Crippen LogP contribution is 2.35. The van der Waals surface area contributed by atoms with Crippen LogP contribution in [0.3, 0.4) is 0 Å². The van der Waals surface area contributed by atoms with Crippen LogP contribution in [0.2, 0.25) is 5.02 Å². The van der Waals surface area contributed by atoms with Gasteiger partial charge >= 0.3 is 12.1 Å². The number of pyridine rings is 1. The Labute approximate surface area is 172 Å². The summed E-state index contributed by atoms with van der Waals surface area (Å²) in [5, 5.41) is 13.3. The zero-order valence-corrected chi connectivity index (χ0v) is 16.4. The molecule has 3 aromatic rings. The van der Waals surface area contributed by atoms with Gasteiger partial charge in [0.2, 0.25) is 11.5 Å².